The summed E-state index contributed by atoms with van der Waals surface area (Å²) >= 11 is 0. The molecule has 22 aromatic carbocycles. The van der Waals surface area contributed by atoms with Crippen molar-refractivity contribution < 1.29 is 0 Å². The van der Waals surface area contributed by atoms with Crippen LogP contribution in [-0.2, 0) is 16.2 Å². The maximum Gasteiger partial charge on any atom is 0.0754 e. The standard InChI is InChI=1S/C68H48N2.C65H44N2/c1-67(2)58-25-11-9-22-55(58)56-41-40-53(44-63(56)67)69(51-37-34-46(35-38-51)45-18-5-3-6-19-45)52-39-36-47-42-49(33-32-48(47)43-52)54-24-17-29-62-66(54)57-23-10-12-26-59(57)68(62)60-27-13-15-30-64(60)70(50-20-7-4-8-21-50)65-31-16-14-28-61(65)68;1-4-19-45(20-5-1)46-37-40-52(41-38-46)66(61-32-15-11-25-54(61)47-21-6-2-7-22-47)53-42-39-48-43-50(36-35-49(48)44-53)55-27-18-31-60-64(55)56-26-10-12-28-57(56)65(60)58-29-13-16-33-62(58)67(51-23-8-3-9-24-51)63-34-17-14-30-59(63)65/h3-44H,1-2H3;1-44H. The summed E-state index contributed by atoms with van der Waals surface area (Å²) < 4.78 is 0. The normalized spacial score (nSPS) is 13.5. The van der Waals surface area contributed by atoms with Crippen LogP contribution in [0.3, 0.4) is 0 Å². The average molecular weight is 1750 g/mol. The largest absolute Gasteiger partial charge is 0.310 e. The van der Waals surface area contributed by atoms with Gasteiger partial charge in [0, 0.05) is 50.8 Å². The van der Waals surface area contributed by atoms with Gasteiger partial charge in [-0.15, -0.1) is 0 Å². The molecule has 0 saturated heterocycles. The molecule has 4 heteroatoms. The van der Waals surface area contributed by atoms with Crippen molar-refractivity contribution in [1.29, 1.82) is 0 Å². The summed E-state index contributed by atoms with van der Waals surface area (Å²) in [5, 5.41) is 4.78. The number of hydrogen-bond donors (Lipinski definition) is 0. The molecule has 2 aliphatic heterocycles. The van der Waals surface area contributed by atoms with E-state index in [1.54, 1.807) is 0 Å². The Morgan fingerprint density at radius 2 is 0.460 bits per heavy atom. The van der Waals surface area contributed by atoms with Crippen LogP contribution in [0.4, 0.5) is 68.2 Å². The Labute approximate surface area is 800 Å². The first-order chi connectivity index (χ1) is 67.7. The Kier molecular flexibility index (Phi) is 19.1. The summed E-state index contributed by atoms with van der Waals surface area (Å²) in [7, 11) is 0. The number of anilines is 12. The Bertz CT molecular complexity index is 8400. The first kappa shape index (κ1) is 80.4. The van der Waals surface area contributed by atoms with Crippen LogP contribution in [0.2, 0.25) is 0 Å². The number of hydrogen-bond acceptors (Lipinski definition) is 4. The zero-order valence-corrected chi connectivity index (χ0v) is 75.9. The Balaban J connectivity index is 0.000000142. The van der Waals surface area contributed by atoms with Crippen molar-refractivity contribution in [3.05, 3.63) is 577 Å². The molecule has 0 bridgehead atoms. The third kappa shape index (κ3) is 12.7. The molecule has 0 N–H and O–H groups in total. The summed E-state index contributed by atoms with van der Waals surface area (Å²) in [5.74, 6) is 0. The van der Waals surface area contributed by atoms with Crippen molar-refractivity contribution in [3.63, 3.8) is 0 Å². The molecule has 3 aliphatic carbocycles. The van der Waals surface area contributed by atoms with Crippen LogP contribution in [0.1, 0.15) is 69.5 Å². The number of fused-ring (bicyclic) bond motifs is 23. The van der Waals surface area contributed by atoms with E-state index < -0.39 is 10.8 Å². The quantitative estimate of drug-likeness (QED) is 0.114. The molecule has 0 saturated carbocycles. The van der Waals surface area contributed by atoms with E-state index in [4.69, 9.17) is 0 Å². The van der Waals surface area contributed by atoms with E-state index in [0.717, 1.165) is 45.5 Å². The van der Waals surface area contributed by atoms with Crippen molar-refractivity contribution in [1.82, 2.24) is 0 Å². The lowest BCUT2D eigenvalue weighted by Crippen LogP contribution is -2.36. The third-order valence-electron chi connectivity index (χ3n) is 29.7. The first-order valence-corrected chi connectivity index (χ1v) is 47.7. The molecule has 22 aromatic rings. The van der Waals surface area contributed by atoms with Gasteiger partial charge >= 0.3 is 0 Å². The van der Waals surface area contributed by atoms with Crippen molar-refractivity contribution in [2.24, 2.45) is 0 Å². The van der Waals surface area contributed by atoms with Gasteiger partial charge in [-0.25, -0.2) is 0 Å². The Morgan fingerprint density at radius 3 is 0.912 bits per heavy atom. The minimum atomic E-state index is -0.509. The maximum absolute atomic E-state index is 2.45. The summed E-state index contributed by atoms with van der Waals surface area (Å²) in [6.45, 7) is 4.72. The lowest BCUT2D eigenvalue weighted by atomic mass is 9.64. The number of para-hydroxylation sites is 7. The summed E-state index contributed by atoms with van der Waals surface area (Å²) in [4.78, 5) is 9.73. The Morgan fingerprint density at radius 1 is 0.168 bits per heavy atom. The molecule has 0 aromatic heterocycles. The molecule has 2 spiro atoms. The van der Waals surface area contributed by atoms with Crippen molar-refractivity contribution >= 4 is 89.8 Å². The van der Waals surface area contributed by atoms with Crippen molar-refractivity contribution in [2.75, 3.05) is 19.6 Å². The highest BCUT2D eigenvalue weighted by Gasteiger charge is 2.54. The lowest BCUT2D eigenvalue weighted by molar-refractivity contribution is 0.660. The van der Waals surface area contributed by atoms with Crippen LogP contribution in [0.25, 0.3) is 111 Å². The fraction of sp³-hybridized carbons (Fsp3) is 0.0376. The van der Waals surface area contributed by atoms with E-state index in [2.05, 4.69) is 555 Å². The zero-order valence-electron chi connectivity index (χ0n) is 75.9. The van der Waals surface area contributed by atoms with E-state index in [9.17, 15) is 0 Å². The van der Waals surface area contributed by atoms with Gasteiger partial charge in [0.15, 0.2) is 0 Å². The van der Waals surface area contributed by atoms with Gasteiger partial charge in [-0.3, -0.25) is 0 Å². The first-order valence-electron chi connectivity index (χ1n) is 47.7. The summed E-state index contributed by atoms with van der Waals surface area (Å²) in [6, 6.07) is 193. The van der Waals surface area contributed by atoms with Gasteiger partial charge in [-0.05, 0) is 288 Å². The van der Waals surface area contributed by atoms with Crippen LogP contribution < -0.4 is 19.6 Å². The number of rotatable bonds is 13. The monoisotopic (exact) mass is 1740 g/mol. The molecule has 0 fully saturated rings. The third-order valence-corrected chi connectivity index (χ3v) is 29.7. The van der Waals surface area contributed by atoms with Gasteiger partial charge in [0.25, 0.3) is 0 Å². The van der Waals surface area contributed by atoms with Crippen LogP contribution in [0, 0.1) is 0 Å². The lowest BCUT2D eigenvalue weighted by Gasteiger charge is -2.45. The second-order valence-electron chi connectivity index (χ2n) is 37.2. The van der Waals surface area contributed by atoms with E-state index in [-0.39, 0.29) is 5.41 Å². The van der Waals surface area contributed by atoms with Gasteiger partial charge in [0.2, 0.25) is 0 Å². The molecule has 644 valence electrons. The minimum Gasteiger partial charge on any atom is -0.310 e. The highest BCUT2D eigenvalue weighted by molar-refractivity contribution is 6.06. The number of benzene rings is 22. The number of nitrogens with zero attached hydrogens (tertiary/aromatic N) is 4. The fourth-order valence-corrected chi connectivity index (χ4v) is 23.7. The predicted molar refractivity (Wildman–Crippen MR) is 573 cm³/mol. The minimum absolute atomic E-state index is 0.116. The molecule has 0 unspecified atom stereocenters. The average Bonchev–Trinajstić information content (AvgIpc) is 1.53. The van der Waals surface area contributed by atoms with Crippen LogP contribution in [-0.4, -0.2) is 0 Å². The van der Waals surface area contributed by atoms with Gasteiger partial charge in [0.05, 0.1) is 39.3 Å². The molecule has 0 amide bonds. The van der Waals surface area contributed by atoms with E-state index >= 15 is 0 Å². The molecule has 0 atom stereocenters. The highest BCUT2D eigenvalue weighted by Crippen LogP contribution is 2.68. The van der Waals surface area contributed by atoms with Gasteiger partial charge < -0.3 is 19.6 Å². The zero-order chi connectivity index (χ0) is 90.9. The van der Waals surface area contributed by atoms with Gasteiger partial charge in [-0.1, -0.05) is 408 Å². The maximum atomic E-state index is 2.45. The summed E-state index contributed by atoms with van der Waals surface area (Å²) in [6.07, 6.45) is 0. The van der Waals surface area contributed by atoms with Crippen molar-refractivity contribution in [3.8, 4) is 89.0 Å². The van der Waals surface area contributed by atoms with Crippen LogP contribution in [0.15, 0.2) is 522 Å². The topological polar surface area (TPSA) is 13.0 Å². The highest BCUT2D eigenvalue weighted by atomic mass is 15.2. The molecule has 0 radical (unpaired) electrons. The molecular weight excluding hydrogens is 1650 g/mol. The van der Waals surface area contributed by atoms with Gasteiger partial charge in [-0.2, -0.15) is 0 Å². The van der Waals surface area contributed by atoms with Crippen LogP contribution in [0.5, 0.6) is 0 Å². The molecule has 27 rings (SSSR count). The van der Waals surface area contributed by atoms with E-state index in [0.29, 0.717) is 0 Å². The SMILES string of the molecule is CC1(C)c2ccccc2-c2ccc(N(c3ccc(-c4ccccc4)cc3)c3ccc4cc(-c5cccc6c5-c5ccccc5C65c6ccccc6N(c6ccccc6)c6ccccc65)ccc4c3)cc21.c1ccc(-c2ccc(N(c3ccc4cc(-c5cccc6c5-c5ccccc5C65c6ccccc6N(c6ccccc6)c6ccccc65)ccc4c3)c3ccccc3-c3ccccc3)cc2)cc1. The second-order valence-corrected chi connectivity index (χ2v) is 37.2. The predicted octanol–water partition coefficient (Wildman–Crippen LogP) is 35.6. The summed E-state index contributed by atoms with van der Waals surface area (Å²) in [5.41, 5.74) is 45.8. The van der Waals surface area contributed by atoms with Crippen molar-refractivity contribution in [2.45, 2.75) is 30.1 Å². The van der Waals surface area contributed by atoms with Gasteiger partial charge in [0.1, 0.15) is 0 Å². The molecule has 137 heavy (non-hydrogen) atoms. The molecule has 5 aliphatic rings. The fourth-order valence-electron chi connectivity index (χ4n) is 23.7. The molecule has 4 nitrogen and oxygen atoms in total. The second kappa shape index (κ2) is 32.5. The molecule has 2 heterocycles. The Hall–Kier alpha value is -17.4. The van der Waals surface area contributed by atoms with Crippen LogP contribution >= 0.6 is 0 Å². The molecular formula is C133H92N4. The van der Waals surface area contributed by atoms with E-state index in [1.807, 2.05) is 0 Å². The smallest absolute Gasteiger partial charge is 0.0754 e. The van der Waals surface area contributed by atoms with E-state index in [1.165, 1.54) is 189 Å².